The highest BCUT2D eigenvalue weighted by Gasteiger charge is 2.31. The lowest BCUT2D eigenvalue weighted by Crippen LogP contribution is -2.54. The minimum atomic E-state index is -3.24. The number of hydrogen-bond acceptors (Lipinski definition) is 5. The van der Waals surface area contributed by atoms with E-state index in [4.69, 9.17) is 0 Å². The molecule has 8 heteroatoms. The van der Waals surface area contributed by atoms with E-state index in [1.54, 1.807) is 6.92 Å². The Hall–Kier alpha value is -1.17. The van der Waals surface area contributed by atoms with Crippen LogP contribution in [0.1, 0.15) is 33.6 Å². The molecule has 2 unspecified atom stereocenters. The minimum Gasteiger partial charge on any atom is -0.337 e. The molecule has 126 valence electrons. The first-order valence-corrected chi connectivity index (χ1v) is 9.37. The Bertz CT molecular complexity index is 541. The summed E-state index contributed by atoms with van der Waals surface area (Å²) in [7, 11) is -3.24. The quantitative estimate of drug-likeness (QED) is 0.717. The second-order valence-electron chi connectivity index (χ2n) is 6.48. The second-order valence-corrected chi connectivity index (χ2v) is 8.26. The summed E-state index contributed by atoms with van der Waals surface area (Å²) < 4.78 is 25.2. The highest BCUT2D eigenvalue weighted by Crippen LogP contribution is 2.15. The molecule has 1 heterocycles. The molecule has 1 amide bonds. The Labute approximate surface area is 133 Å². The monoisotopic (exact) mass is 330 g/mol. The van der Waals surface area contributed by atoms with Crippen LogP contribution in [-0.4, -0.2) is 56.7 Å². The summed E-state index contributed by atoms with van der Waals surface area (Å²) in [6, 6.07) is 1.98. The molecule has 0 spiro atoms. The molecule has 1 aliphatic heterocycles. The number of carbonyl (C=O) groups is 1. The molecule has 2 N–H and O–H groups in total. The second kappa shape index (κ2) is 7.40. The van der Waals surface area contributed by atoms with Gasteiger partial charge in [-0.3, -0.25) is 9.69 Å². The zero-order valence-corrected chi connectivity index (χ0v) is 14.5. The predicted molar refractivity (Wildman–Crippen MR) is 84.4 cm³/mol. The Kier molecular flexibility index (Phi) is 6.35. The van der Waals surface area contributed by atoms with E-state index >= 15 is 0 Å². The predicted octanol–water partition coefficient (Wildman–Crippen LogP) is 0.0545. The van der Waals surface area contributed by atoms with Crippen LogP contribution < -0.4 is 10.0 Å². The summed E-state index contributed by atoms with van der Waals surface area (Å²) in [6.07, 6.45) is 2.74. The van der Waals surface area contributed by atoms with Crippen LogP contribution in [0.2, 0.25) is 0 Å². The molecule has 0 radical (unpaired) electrons. The number of hydrogen-bond donors (Lipinski definition) is 2. The van der Waals surface area contributed by atoms with Gasteiger partial charge in [0.05, 0.1) is 18.9 Å². The molecule has 22 heavy (non-hydrogen) atoms. The van der Waals surface area contributed by atoms with Crippen molar-refractivity contribution in [1.82, 2.24) is 14.9 Å². The van der Waals surface area contributed by atoms with Crippen LogP contribution in [-0.2, 0) is 14.8 Å². The van der Waals surface area contributed by atoms with Gasteiger partial charge in [0.15, 0.2) is 0 Å². The van der Waals surface area contributed by atoms with Crippen molar-refractivity contribution in [2.45, 2.75) is 45.2 Å². The van der Waals surface area contributed by atoms with Crippen molar-refractivity contribution in [1.29, 1.82) is 5.26 Å². The molecule has 1 saturated heterocycles. The smallest absolute Gasteiger partial charge is 0.235 e. The van der Waals surface area contributed by atoms with Gasteiger partial charge in [-0.2, -0.15) is 5.26 Å². The molecule has 7 nitrogen and oxygen atoms in total. The fraction of sp³-hybridized carbons (Fsp3) is 0.857. The minimum absolute atomic E-state index is 0.00227. The lowest BCUT2D eigenvalue weighted by Gasteiger charge is -2.33. The largest absolute Gasteiger partial charge is 0.337 e. The molecule has 0 aromatic rings. The lowest BCUT2D eigenvalue weighted by molar-refractivity contribution is -0.124. The molecule has 0 bridgehead atoms. The van der Waals surface area contributed by atoms with Gasteiger partial charge in [-0.15, -0.1) is 0 Å². The Morgan fingerprint density at radius 3 is 2.64 bits per heavy atom. The van der Waals surface area contributed by atoms with E-state index in [2.05, 4.69) is 16.1 Å². The third kappa shape index (κ3) is 5.91. The normalized spacial score (nSPS) is 22.8. The number of rotatable bonds is 6. The maximum absolute atomic E-state index is 12.1. The Morgan fingerprint density at radius 1 is 1.50 bits per heavy atom. The Morgan fingerprint density at radius 2 is 2.14 bits per heavy atom. The van der Waals surface area contributed by atoms with Gasteiger partial charge in [0.1, 0.15) is 5.54 Å². The first kappa shape index (κ1) is 18.9. The van der Waals surface area contributed by atoms with Crippen molar-refractivity contribution in [2.75, 3.05) is 25.9 Å². The molecule has 1 aliphatic rings. The molecule has 1 fully saturated rings. The van der Waals surface area contributed by atoms with Crippen LogP contribution in [0.25, 0.3) is 0 Å². The number of piperidine rings is 1. The van der Waals surface area contributed by atoms with E-state index in [9.17, 15) is 18.5 Å². The summed E-state index contributed by atoms with van der Waals surface area (Å²) in [5, 5.41) is 12.0. The summed E-state index contributed by atoms with van der Waals surface area (Å²) in [6.45, 7) is 6.91. The van der Waals surface area contributed by atoms with E-state index in [-0.39, 0.29) is 24.4 Å². The van der Waals surface area contributed by atoms with Crippen LogP contribution in [0, 0.1) is 17.2 Å². The first-order chi connectivity index (χ1) is 10.1. The summed E-state index contributed by atoms with van der Waals surface area (Å²) in [5.74, 6) is -0.208. The van der Waals surface area contributed by atoms with Crippen molar-refractivity contribution in [2.24, 2.45) is 5.92 Å². The molecular formula is C14H26N4O3S. The summed E-state index contributed by atoms with van der Waals surface area (Å²) in [4.78, 5) is 14.1. The van der Waals surface area contributed by atoms with Gasteiger partial charge < -0.3 is 5.32 Å². The number of nitrogens with one attached hydrogen (secondary N) is 2. The fourth-order valence-corrected chi connectivity index (χ4v) is 3.23. The van der Waals surface area contributed by atoms with Crippen molar-refractivity contribution in [3.8, 4) is 6.07 Å². The van der Waals surface area contributed by atoms with Gasteiger partial charge >= 0.3 is 0 Å². The maximum atomic E-state index is 12.1. The molecule has 0 aromatic carbocycles. The fourth-order valence-electron chi connectivity index (χ4n) is 2.43. The topological polar surface area (TPSA) is 102 Å². The van der Waals surface area contributed by atoms with Crippen molar-refractivity contribution in [3.63, 3.8) is 0 Å². The number of amides is 1. The summed E-state index contributed by atoms with van der Waals surface area (Å²) in [5.41, 5.74) is -0.892. The van der Waals surface area contributed by atoms with Gasteiger partial charge in [-0.05, 0) is 32.2 Å². The van der Waals surface area contributed by atoms with Crippen molar-refractivity contribution >= 4 is 15.9 Å². The molecule has 0 aromatic heterocycles. The van der Waals surface area contributed by atoms with Crippen LogP contribution in [0.5, 0.6) is 0 Å². The van der Waals surface area contributed by atoms with E-state index in [1.807, 2.05) is 18.7 Å². The first-order valence-electron chi connectivity index (χ1n) is 7.47. The van der Waals surface area contributed by atoms with Gasteiger partial charge in [0.2, 0.25) is 15.9 Å². The molecule has 0 aliphatic carbocycles. The third-order valence-corrected chi connectivity index (χ3v) is 4.80. The van der Waals surface area contributed by atoms with E-state index in [1.165, 1.54) is 0 Å². The van der Waals surface area contributed by atoms with E-state index in [0.717, 1.165) is 25.6 Å². The molecule has 1 rings (SSSR count). The van der Waals surface area contributed by atoms with Crippen LogP contribution in [0.3, 0.4) is 0 Å². The summed E-state index contributed by atoms with van der Waals surface area (Å²) >= 11 is 0. The molecule has 0 saturated carbocycles. The SMILES string of the molecule is CC(C)C(C)(C#N)NC(=O)CN1CCCC(NS(C)(=O)=O)C1. The maximum Gasteiger partial charge on any atom is 0.235 e. The molecular weight excluding hydrogens is 304 g/mol. The van der Waals surface area contributed by atoms with Gasteiger partial charge in [-0.1, -0.05) is 13.8 Å². The zero-order chi connectivity index (χ0) is 17.0. The highest BCUT2D eigenvalue weighted by molar-refractivity contribution is 7.88. The van der Waals surface area contributed by atoms with Crippen LogP contribution >= 0.6 is 0 Å². The van der Waals surface area contributed by atoms with E-state index in [0.29, 0.717) is 6.54 Å². The lowest BCUT2D eigenvalue weighted by atomic mass is 9.90. The number of sulfonamides is 1. The number of nitriles is 1. The zero-order valence-electron chi connectivity index (χ0n) is 13.7. The van der Waals surface area contributed by atoms with Crippen molar-refractivity contribution in [3.05, 3.63) is 0 Å². The number of carbonyl (C=O) groups excluding carboxylic acids is 1. The average Bonchev–Trinajstić information content (AvgIpc) is 2.36. The standard InChI is InChI=1S/C14H26N4O3S/c1-11(2)14(3,10-15)16-13(19)9-18-7-5-6-12(8-18)17-22(4,20)21/h11-12,17H,5-9H2,1-4H3,(H,16,19). The van der Waals surface area contributed by atoms with Gasteiger partial charge in [-0.25, -0.2) is 13.1 Å². The molecule has 2 atom stereocenters. The van der Waals surface area contributed by atoms with Gasteiger partial charge in [0, 0.05) is 12.6 Å². The van der Waals surface area contributed by atoms with Gasteiger partial charge in [0.25, 0.3) is 0 Å². The van der Waals surface area contributed by atoms with Crippen molar-refractivity contribution < 1.29 is 13.2 Å². The van der Waals surface area contributed by atoms with Crippen LogP contribution in [0.4, 0.5) is 0 Å². The third-order valence-electron chi connectivity index (χ3n) is 4.04. The Balaban J connectivity index is 2.56. The van der Waals surface area contributed by atoms with E-state index < -0.39 is 15.6 Å². The highest BCUT2D eigenvalue weighted by atomic mass is 32.2. The number of nitrogens with zero attached hydrogens (tertiary/aromatic N) is 2. The number of likely N-dealkylation sites (tertiary alicyclic amines) is 1. The van der Waals surface area contributed by atoms with Crippen LogP contribution in [0.15, 0.2) is 0 Å². The average molecular weight is 330 g/mol.